The first-order valence-corrected chi connectivity index (χ1v) is 6.52. The van der Waals surface area contributed by atoms with Gasteiger partial charge in [-0.3, -0.25) is 14.2 Å². The van der Waals surface area contributed by atoms with Gasteiger partial charge < -0.3 is 0 Å². The lowest BCUT2D eigenvalue weighted by Crippen LogP contribution is -2.19. The Hall–Kier alpha value is -1.14. The van der Waals surface area contributed by atoms with Gasteiger partial charge in [0.05, 0.1) is 11.1 Å². The second kappa shape index (κ2) is 4.39. The smallest absolute Gasteiger partial charge is 0.262 e. The van der Waals surface area contributed by atoms with Gasteiger partial charge in [0.1, 0.15) is 10.6 Å². The van der Waals surface area contributed by atoms with Crippen LogP contribution in [0.2, 0.25) is 0 Å². The third kappa shape index (κ3) is 2.03. The van der Waals surface area contributed by atoms with Gasteiger partial charge in [-0.2, -0.15) is 0 Å². The summed E-state index contributed by atoms with van der Waals surface area (Å²) in [5.41, 5.74) is -0.0581. The number of carbonyl (C=O) groups excluding carboxylic acids is 1. The monoisotopic (exact) mass is 254 g/mol. The van der Waals surface area contributed by atoms with Crippen molar-refractivity contribution in [3.8, 4) is 0 Å². The summed E-state index contributed by atoms with van der Waals surface area (Å²) in [4.78, 5) is 27.9. The van der Waals surface area contributed by atoms with E-state index >= 15 is 0 Å². The van der Waals surface area contributed by atoms with Crippen LogP contribution in [-0.2, 0) is 11.8 Å². The molecule has 0 fully saturated rings. The number of carbonyl (C=O) groups is 1. The Bertz CT molecular complexity index is 600. The first kappa shape index (κ1) is 11.3. The first-order valence-electron chi connectivity index (χ1n) is 4.66. The molecule has 0 atom stereocenters. The number of aromatic nitrogens is 2. The topological polar surface area (TPSA) is 52.0 Å². The largest absolute Gasteiger partial charge is 0.299 e. The minimum Gasteiger partial charge on any atom is -0.299 e. The molecule has 0 spiro atoms. The van der Waals surface area contributed by atoms with Crippen LogP contribution >= 0.6 is 23.1 Å². The van der Waals surface area contributed by atoms with E-state index in [0.29, 0.717) is 16.3 Å². The average molecular weight is 254 g/mol. The number of thiophene rings is 1. The van der Waals surface area contributed by atoms with Crippen LogP contribution in [-0.4, -0.2) is 21.1 Å². The molecule has 0 aliphatic heterocycles. The van der Waals surface area contributed by atoms with Gasteiger partial charge in [0.25, 0.3) is 5.56 Å². The van der Waals surface area contributed by atoms with E-state index in [0.717, 1.165) is 4.83 Å². The van der Waals surface area contributed by atoms with Crippen molar-refractivity contribution in [2.45, 2.75) is 12.1 Å². The normalized spacial score (nSPS) is 10.9. The van der Waals surface area contributed by atoms with Crippen molar-refractivity contribution >= 4 is 39.1 Å². The lowest BCUT2D eigenvalue weighted by Gasteiger charge is -2.05. The molecule has 84 valence electrons. The molecule has 16 heavy (non-hydrogen) atoms. The fourth-order valence-electron chi connectivity index (χ4n) is 1.28. The van der Waals surface area contributed by atoms with Crippen molar-refractivity contribution in [3.05, 3.63) is 21.8 Å². The summed E-state index contributed by atoms with van der Waals surface area (Å²) >= 11 is 2.73. The number of ketones is 1. The number of fused-ring (bicyclic) bond motifs is 1. The Morgan fingerprint density at radius 3 is 3.06 bits per heavy atom. The van der Waals surface area contributed by atoms with Gasteiger partial charge in [0.2, 0.25) is 0 Å². The van der Waals surface area contributed by atoms with Crippen LogP contribution < -0.4 is 5.56 Å². The number of hydrogen-bond donors (Lipinski definition) is 0. The van der Waals surface area contributed by atoms with Crippen LogP contribution in [0.3, 0.4) is 0 Å². The van der Waals surface area contributed by atoms with E-state index in [1.165, 1.54) is 34.6 Å². The van der Waals surface area contributed by atoms with Crippen LogP contribution in [0.15, 0.2) is 21.4 Å². The summed E-state index contributed by atoms with van der Waals surface area (Å²) in [6, 6.07) is 1.77. The van der Waals surface area contributed by atoms with E-state index in [1.54, 1.807) is 13.1 Å². The predicted octanol–water partition coefficient (Wildman–Crippen LogP) is 1.68. The molecule has 2 heterocycles. The molecule has 0 unspecified atom stereocenters. The van der Waals surface area contributed by atoms with E-state index in [4.69, 9.17) is 0 Å². The molecule has 4 nitrogen and oxygen atoms in total. The third-order valence-corrected chi connectivity index (χ3v) is 4.05. The van der Waals surface area contributed by atoms with Crippen molar-refractivity contribution < 1.29 is 4.79 Å². The van der Waals surface area contributed by atoms with Crippen molar-refractivity contribution in [3.63, 3.8) is 0 Å². The zero-order chi connectivity index (χ0) is 11.7. The number of Topliss-reactive ketones (excluding diaryl/α,β-unsaturated/α-hetero) is 1. The molecule has 0 saturated heterocycles. The Kier molecular flexibility index (Phi) is 3.11. The highest BCUT2D eigenvalue weighted by atomic mass is 32.2. The van der Waals surface area contributed by atoms with Crippen LogP contribution in [0.4, 0.5) is 0 Å². The molecular formula is C10H10N2O2S2. The van der Waals surface area contributed by atoms with Crippen LogP contribution in [0.1, 0.15) is 6.92 Å². The summed E-state index contributed by atoms with van der Waals surface area (Å²) in [6.07, 6.45) is 0. The predicted molar refractivity (Wildman–Crippen MR) is 66.3 cm³/mol. The molecule has 0 aliphatic carbocycles. The van der Waals surface area contributed by atoms with Gasteiger partial charge in [0, 0.05) is 7.05 Å². The maximum absolute atomic E-state index is 11.9. The van der Waals surface area contributed by atoms with Gasteiger partial charge >= 0.3 is 0 Å². The molecule has 0 aromatic carbocycles. The van der Waals surface area contributed by atoms with Crippen molar-refractivity contribution in [1.29, 1.82) is 0 Å². The Labute approximate surface area is 100 Å². The molecule has 0 saturated carbocycles. The van der Waals surface area contributed by atoms with Crippen LogP contribution in [0.25, 0.3) is 10.2 Å². The Balaban J connectivity index is 2.49. The number of rotatable bonds is 3. The van der Waals surface area contributed by atoms with E-state index in [2.05, 4.69) is 4.98 Å². The SMILES string of the molecule is CC(=O)CSc1nc2sccc2c(=O)n1C. The average Bonchev–Trinajstić information content (AvgIpc) is 2.69. The highest BCUT2D eigenvalue weighted by Crippen LogP contribution is 2.20. The molecule has 2 aromatic rings. The van der Waals surface area contributed by atoms with Crippen LogP contribution in [0, 0.1) is 0 Å². The van der Waals surface area contributed by atoms with Gasteiger partial charge in [-0.05, 0) is 18.4 Å². The molecule has 0 N–H and O–H groups in total. The third-order valence-electron chi connectivity index (χ3n) is 2.07. The molecule has 0 bridgehead atoms. The van der Waals surface area contributed by atoms with Crippen molar-refractivity contribution in [2.24, 2.45) is 7.05 Å². The first-order chi connectivity index (χ1) is 7.59. The zero-order valence-corrected chi connectivity index (χ0v) is 10.5. The molecule has 2 rings (SSSR count). The highest BCUT2D eigenvalue weighted by molar-refractivity contribution is 7.99. The molecule has 0 radical (unpaired) electrons. The Morgan fingerprint density at radius 1 is 1.62 bits per heavy atom. The highest BCUT2D eigenvalue weighted by Gasteiger charge is 2.09. The van der Waals surface area contributed by atoms with Gasteiger partial charge in [-0.15, -0.1) is 11.3 Å². The number of hydrogen-bond acceptors (Lipinski definition) is 5. The molecule has 0 amide bonds. The lowest BCUT2D eigenvalue weighted by molar-refractivity contribution is -0.114. The van der Waals surface area contributed by atoms with Crippen LogP contribution in [0.5, 0.6) is 0 Å². The zero-order valence-electron chi connectivity index (χ0n) is 8.89. The second-order valence-corrected chi connectivity index (χ2v) is 5.23. The molecule has 0 aliphatic rings. The Morgan fingerprint density at radius 2 is 2.38 bits per heavy atom. The van der Waals surface area contributed by atoms with E-state index in [9.17, 15) is 9.59 Å². The fourth-order valence-corrected chi connectivity index (χ4v) is 2.85. The summed E-state index contributed by atoms with van der Waals surface area (Å²) in [5, 5.41) is 3.08. The molecular weight excluding hydrogens is 244 g/mol. The number of nitrogens with zero attached hydrogens (tertiary/aromatic N) is 2. The van der Waals surface area contributed by atoms with E-state index in [-0.39, 0.29) is 11.3 Å². The lowest BCUT2D eigenvalue weighted by atomic mass is 10.4. The molecule has 2 aromatic heterocycles. The minimum absolute atomic E-state index is 0.0581. The van der Waals surface area contributed by atoms with E-state index in [1.807, 2.05) is 5.38 Å². The van der Waals surface area contributed by atoms with Gasteiger partial charge in [-0.25, -0.2) is 4.98 Å². The van der Waals surface area contributed by atoms with Gasteiger partial charge in [0.15, 0.2) is 5.16 Å². The van der Waals surface area contributed by atoms with Crippen molar-refractivity contribution in [2.75, 3.05) is 5.75 Å². The summed E-state index contributed by atoms with van der Waals surface area (Å²) in [5.74, 6) is 0.419. The fraction of sp³-hybridized carbons (Fsp3) is 0.300. The maximum atomic E-state index is 11.9. The molecule has 6 heteroatoms. The minimum atomic E-state index is -0.0581. The maximum Gasteiger partial charge on any atom is 0.262 e. The number of thioether (sulfide) groups is 1. The van der Waals surface area contributed by atoms with E-state index < -0.39 is 0 Å². The van der Waals surface area contributed by atoms with Crippen molar-refractivity contribution in [1.82, 2.24) is 9.55 Å². The summed E-state index contributed by atoms with van der Waals surface area (Å²) < 4.78 is 1.49. The summed E-state index contributed by atoms with van der Waals surface area (Å²) in [6.45, 7) is 1.52. The van der Waals surface area contributed by atoms with Gasteiger partial charge in [-0.1, -0.05) is 11.8 Å². The quantitative estimate of drug-likeness (QED) is 0.617. The standard InChI is InChI=1S/C10H10N2O2S2/c1-6(13)5-16-10-11-8-7(3-4-15-8)9(14)12(10)2/h3-4H,5H2,1-2H3. The second-order valence-electron chi connectivity index (χ2n) is 3.39. The summed E-state index contributed by atoms with van der Waals surface area (Å²) in [7, 11) is 1.68.